The van der Waals surface area contributed by atoms with Gasteiger partial charge in [0.25, 0.3) is 5.91 Å². The number of hydrogen-bond donors (Lipinski definition) is 1. The molecule has 8 nitrogen and oxygen atoms in total. The molecule has 0 aliphatic carbocycles. The van der Waals surface area contributed by atoms with Crippen molar-refractivity contribution in [2.45, 2.75) is 6.54 Å². The summed E-state index contributed by atoms with van der Waals surface area (Å²) < 4.78 is 6.98. The Morgan fingerprint density at radius 3 is 2.73 bits per heavy atom. The first-order valence-electron chi connectivity index (χ1n) is 7.80. The van der Waals surface area contributed by atoms with E-state index < -0.39 is 4.92 Å². The van der Waals surface area contributed by atoms with E-state index in [9.17, 15) is 14.9 Å². The molecule has 0 spiro atoms. The number of carbonyl (C=O) groups is 1. The van der Waals surface area contributed by atoms with Crippen LogP contribution in [0, 0.1) is 10.1 Å². The van der Waals surface area contributed by atoms with Crippen LogP contribution < -0.4 is 10.1 Å². The molecular weight excluding hydrogens is 336 g/mol. The number of nitrogens with one attached hydrogen (secondary N) is 1. The second kappa shape index (κ2) is 7.47. The topological polar surface area (TPSA) is 99.3 Å². The molecule has 0 aliphatic rings. The van der Waals surface area contributed by atoms with Crippen molar-refractivity contribution >= 4 is 11.7 Å². The predicted octanol–water partition coefficient (Wildman–Crippen LogP) is 3.05. The summed E-state index contributed by atoms with van der Waals surface area (Å²) in [5.41, 5.74) is 1.38. The van der Waals surface area contributed by atoms with Crippen LogP contribution in [0.2, 0.25) is 0 Å². The van der Waals surface area contributed by atoms with Gasteiger partial charge in [-0.2, -0.15) is 0 Å². The number of nitrogens with zero attached hydrogens (tertiary/aromatic N) is 3. The first-order valence-corrected chi connectivity index (χ1v) is 7.80. The summed E-state index contributed by atoms with van der Waals surface area (Å²) >= 11 is 0. The summed E-state index contributed by atoms with van der Waals surface area (Å²) in [4.78, 5) is 26.4. The highest BCUT2D eigenvalue weighted by molar-refractivity contribution is 5.94. The molecule has 26 heavy (non-hydrogen) atoms. The van der Waals surface area contributed by atoms with Gasteiger partial charge in [-0.25, -0.2) is 0 Å². The van der Waals surface area contributed by atoms with E-state index in [2.05, 4.69) is 10.3 Å². The maximum Gasteiger partial charge on any atom is 0.427 e. The minimum atomic E-state index is -0.619. The first-order chi connectivity index (χ1) is 12.5. The molecule has 0 fully saturated rings. The molecule has 0 unspecified atom stereocenters. The minimum absolute atomic E-state index is 0.00292. The van der Waals surface area contributed by atoms with Crippen LogP contribution in [0.25, 0.3) is 0 Å². The van der Waals surface area contributed by atoms with Crippen molar-refractivity contribution in [3.05, 3.63) is 82.2 Å². The number of ether oxygens (including phenoxy) is 1. The smallest absolute Gasteiger partial charge is 0.427 e. The Morgan fingerprint density at radius 1 is 1.23 bits per heavy atom. The molecular formula is C18H16N4O4. The van der Waals surface area contributed by atoms with Crippen LogP contribution in [0.1, 0.15) is 15.9 Å². The number of imidazole rings is 1. The predicted molar refractivity (Wildman–Crippen MR) is 94.0 cm³/mol. The number of nitro groups is 1. The number of aromatic nitrogens is 2. The standard InChI is InChI=1S/C18H16N4O4/c1-21-12-20-16(22(24)25)18(21)26-15-9-5-8-14(10-15)17(23)19-11-13-6-3-2-4-7-13/h2-10,12H,11H2,1H3,(H,19,23). The molecule has 1 aromatic heterocycles. The fourth-order valence-electron chi connectivity index (χ4n) is 2.34. The van der Waals surface area contributed by atoms with Gasteiger partial charge in [-0.15, -0.1) is 0 Å². The minimum Gasteiger partial charge on any atom is -0.434 e. The highest BCUT2D eigenvalue weighted by Gasteiger charge is 2.22. The van der Waals surface area contributed by atoms with E-state index in [1.54, 1.807) is 25.2 Å². The molecule has 0 aliphatic heterocycles. The quantitative estimate of drug-likeness (QED) is 0.543. The molecule has 3 aromatic rings. The van der Waals surface area contributed by atoms with Crippen LogP contribution in [0.4, 0.5) is 5.82 Å². The van der Waals surface area contributed by atoms with Gasteiger partial charge in [-0.05, 0) is 33.7 Å². The van der Waals surface area contributed by atoms with Gasteiger partial charge in [0, 0.05) is 19.2 Å². The van der Waals surface area contributed by atoms with Crippen molar-refractivity contribution in [3.8, 4) is 11.6 Å². The monoisotopic (exact) mass is 352 g/mol. The van der Waals surface area contributed by atoms with E-state index in [-0.39, 0.29) is 17.6 Å². The van der Waals surface area contributed by atoms with E-state index in [1.807, 2.05) is 30.3 Å². The van der Waals surface area contributed by atoms with Crippen LogP contribution in [-0.4, -0.2) is 20.4 Å². The van der Waals surface area contributed by atoms with Crippen LogP contribution in [-0.2, 0) is 13.6 Å². The lowest BCUT2D eigenvalue weighted by Crippen LogP contribution is -2.22. The highest BCUT2D eigenvalue weighted by Crippen LogP contribution is 2.29. The van der Waals surface area contributed by atoms with Crippen molar-refractivity contribution in [1.82, 2.24) is 14.9 Å². The zero-order chi connectivity index (χ0) is 18.5. The van der Waals surface area contributed by atoms with Gasteiger partial charge in [0.2, 0.25) is 6.33 Å². The van der Waals surface area contributed by atoms with Crippen molar-refractivity contribution in [2.75, 3.05) is 0 Å². The largest absolute Gasteiger partial charge is 0.434 e. The van der Waals surface area contributed by atoms with Gasteiger partial charge in [-0.3, -0.25) is 9.36 Å². The molecule has 0 bridgehead atoms. The lowest BCUT2D eigenvalue weighted by molar-refractivity contribution is -0.390. The summed E-state index contributed by atoms with van der Waals surface area (Å²) in [7, 11) is 1.59. The van der Waals surface area contributed by atoms with Gasteiger partial charge in [-0.1, -0.05) is 36.4 Å². The molecule has 0 radical (unpaired) electrons. The van der Waals surface area contributed by atoms with Crippen molar-refractivity contribution in [3.63, 3.8) is 0 Å². The lowest BCUT2D eigenvalue weighted by Gasteiger charge is -2.08. The third-order valence-corrected chi connectivity index (χ3v) is 3.64. The van der Waals surface area contributed by atoms with Crippen LogP contribution >= 0.6 is 0 Å². The number of aryl methyl sites for hydroxylation is 1. The average Bonchev–Trinajstić information content (AvgIpc) is 3.01. The number of benzene rings is 2. The fourth-order valence-corrected chi connectivity index (χ4v) is 2.34. The van der Waals surface area contributed by atoms with E-state index in [1.165, 1.54) is 17.0 Å². The van der Waals surface area contributed by atoms with Crippen LogP contribution in [0.15, 0.2) is 60.9 Å². The molecule has 2 aromatic carbocycles. The van der Waals surface area contributed by atoms with Crippen LogP contribution in [0.3, 0.4) is 0 Å². The molecule has 1 heterocycles. The highest BCUT2D eigenvalue weighted by atomic mass is 16.6. The first kappa shape index (κ1) is 17.2. The lowest BCUT2D eigenvalue weighted by atomic mass is 10.2. The van der Waals surface area contributed by atoms with Gasteiger partial charge in [0.15, 0.2) is 0 Å². The maximum atomic E-state index is 12.3. The fraction of sp³-hybridized carbons (Fsp3) is 0.111. The Kier molecular flexibility index (Phi) is 4.93. The molecule has 132 valence electrons. The van der Waals surface area contributed by atoms with Gasteiger partial charge in [0.1, 0.15) is 5.75 Å². The zero-order valence-electron chi connectivity index (χ0n) is 14.0. The molecule has 8 heteroatoms. The number of amides is 1. The molecule has 0 atom stereocenters. The average molecular weight is 352 g/mol. The van der Waals surface area contributed by atoms with E-state index in [0.717, 1.165) is 5.56 Å². The molecule has 3 rings (SSSR count). The van der Waals surface area contributed by atoms with E-state index in [0.29, 0.717) is 17.9 Å². The third-order valence-electron chi connectivity index (χ3n) is 3.64. The molecule has 0 saturated carbocycles. The van der Waals surface area contributed by atoms with Crippen molar-refractivity contribution in [1.29, 1.82) is 0 Å². The van der Waals surface area contributed by atoms with Crippen LogP contribution in [0.5, 0.6) is 11.6 Å². The number of carbonyl (C=O) groups excluding carboxylic acids is 1. The normalized spacial score (nSPS) is 10.3. The number of hydrogen-bond acceptors (Lipinski definition) is 5. The zero-order valence-corrected chi connectivity index (χ0v) is 14.0. The molecule has 0 saturated heterocycles. The van der Waals surface area contributed by atoms with Gasteiger partial charge < -0.3 is 20.2 Å². The summed E-state index contributed by atoms with van der Waals surface area (Å²) in [5, 5.41) is 13.8. The summed E-state index contributed by atoms with van der Waals surface area (Å²) in [6, 6.07) is 16.0. The Bertz CT molecular complexity index is 937. The number of rotatable bonds is 6. The summed E-state index contributed by atoms with van der Waals surface area (Å²) in [6.45, 7) is 0.401. The summed E-state index contributed by atoms with van der Waals surface area (Å²) in [6.07, 6.45) is 1.30. The third kappa shape index (κ3) is 3.86. The Morgan fingerprint density at radius 2 is 2.00 bits per heavy atom. The van der Waals surface area contributed by atoms with Crippen molar-refractivity contribution < 1.29 is 14.5 Å². The van der Waals surface area contributed by atoms with Crippen molar-refractivity contribution in [2.24, 2.45) is 7.05 Å². The SMILES string of the molecule is Cn1cnc([N+](=O)[O-])c1Oc1cccc(C(=O)NCc2ccccc2)c1. The summed E-state index contributed by atoms with van der Waals surface area (Å²) in [5.74, 6) is -0.342. The maximum absolute atomic E-state index is 12.3. The Balaban J connectivity index is 1.73. The van der Waals surface area contributed by atoms with E-state index in [4.69, 9.17) is 4.74 Å². The second-order valence-electron chi connectivity index (χ2n) is 5.54. The molecule has 1 N–H and O–H groups in total. The molecule has 1 amide bonds. The Labute approximate surface area is 149 Å². The van der Waals surface area contributed by atoms with Gasteiger partial charge >= 0.3 is 11.7 Å². The second-order valence-corrected chi connectivity index (χ2v) is 5.54. The van der Waals surface area contributed by atoms with Gasteiger partial charge in [0.05, 0.1) is 0 Å². The van der Waals surface area contributed by atoms with E-state index >= 15 is 0 Å². The Hall–Kier alpha value is -3.68.